The summed E-state index contributed by atoms with van der Waals surface area (Å²) < 4.78 is 40.2. The molecule has 1 amide bonds. The molecule has 23 heavy (non-hydrogen) atoms. The molecule has 0 bridgehead atoms. The van der Waals surface area contributed by atoms with Crippen molar-refractivity contribution >= 4 is 11.6 Å². The lowest BCUT2D eigenvalue weighted by atomic mass is 10.1. The maximum absolute atomic E-state index is 13.6. The quantitative estimate of drug-likeness (QED) is 0.522. The molecule has 0 heterocycles. The first kappa shape index (κ1) is 16.5. The van der Waals surface area contributed by atoms with Crippen molar-refractivity contribution in [1.29, 1.82) is 0 Å². The van der Waals surface area contributed by atoms with E-state index in [4.69, 9.17) is 0 Å². The summed E-state index contributed by atoms with van der Waals surface area (Å²) in [4.78, 5) is 21.2. The summed E-state index contributed by atoms with van der Waals surface area (Å²) in [6.07, 6.45) is 0.431. The Kier molecular flexibility index (Phi) is 4.95. The summed E-state index contributed by atoms with van der Waals surface area (Å²) in [6.45, 7) is 0.106. The van der Waals surface area contributed by atoms with Gasteiger partial charge in [-0.05, 0) is 12.0 Å². The zero-order valence-corrected chi connectivity index (χ0v) is 11.7. The zero-order chi connectivity index (χ0) is 17.0. The van der Waals surface area contributed by atoms with E-state index in [0.717, 1.165) is 5.56 Å². The minimum Gasteiger partial charge on any atom is -0.352 e. The molecule has 8 heteroatoms. The van der Waals surface area contributed by atoms with Crippen LogP contribution in [0.1, 0.15) is 15.9 Å². The fourth-order valence-corrected chi connectivity index (χ4v) is 1.95. The minimum atomic E-state index is -2.05. The van der Waals surface area contributed by atoms with Crippen molar-refractivity contribution < 1.29 is 22.9 Å². The smallest absolute Gasteiger partial charge is 0.308 e. The van der Waals surface area contributed by atoms with Crippen LogP contribution in [0.5, 0.6) is 0 Å². The lowest BCUT2D eigenvalue weighted by Gasteiger charge is -2.07. The third-order valence-corrected chi connectivity index (χ3v) is 3.11. The van der Waals surface area contributed by atoms with E-state index in [1.807, 2.05) is 18.2 Å². The minimum absolute atomic E-state index is 0.106. The van der Waals surface area contributed by atoms with E-state index in [1.165, 1.54) is 0 Å². The number of halogens is 3. The first-order valence-corrected chi connectivity index (χ1v) is 6.55. The zero-order valence-electron chi connectivity index (χ0n) is 11.7. The Bertz CT molecular complexity index is 751. The van der Waals surface area contributed by atoms with Gasteiger partial charge in [0.25, 0.3) is 5.91 Å². The third kappa shape index (κ3) is 3.65. The lowest BCUT2D eigenvalue weighted by molar-refractivity contribution is -0.387. The Morgan fingerprint density at radius 1 is 1.09 bits per heavy atom. The van der Waals surface area contributed by atoms with Crippen molar-refractivity contribution in [2.24, 2.45) is 0 Å². The van der Waals surface area contributed by atoms with Gasteiger partial charge in [0.1, 0.15) is 0 Å². The fraction of sp³-hybridized carbons (Fsp3) is 0.133. The molecule has 2 aromatic rings. The van der Waals surface area contributed by atoms with E-state index in [2.05, 4.69) is 5.32 Å². The van der Waals surface area contributed by atoms with Crippen LogP contribution in [-0.4, -0.2) is 17.4 Å². The molecule has 5 nitrogen and oxygen atoms in total. The highest BCUT2D eigenvalue weighted by molar-refractivity contribution is 5.95. The second kappa shape index (κ2) is 6.91. The molecule has 0 aliphatic carbocycles. The molecule has 0 radical (unpaired) electrons. The van der Waals surface area contributed by atoms with Gasteiger partial charge in [0.15, 0.2) is 5.82 Å². The number of benzene rings is 2. The number of carbonyl (C=O) groups is 1. The molecule has 0 aliphatic heterocycles. The number of rotatable bonds is 5. The van der Waals surface area contributed by atoms with Gasteiger partial charge in [-0.3, -0.25) is 14.9 Å². The third-order valence-electron chi connectivity index (χ3n) is 3.11. The average molecular weight is 324 g/mol. The van der Waals surface area contributed by atoms with E-state index in [-0.39, 0.29) is 6.54 Å². The first-order valence-electron chi connectivity index (χ1n) is 6.55. The van der Waals surface area contributed by atoms with Crippen LogP contribution in [0.15, 0.2) is 36.4 Å². The summed E-state index contributed by atoms with van der Waals surface area (Å²) in [5.41, 5.74) is -1.30. The predicted octanol–water partition coefficient (Wildman–Crippen LogP) is 2.98. The number of carbonyl (C=O) groups excluding carboxylic acids is 1. The van der Waals surface area contributed by atoms with Crippen molar-refractivity contribution in [3.63, 3.8) is 0 Å². The summed E-state index contributed by atoms with van der Waals surface area (Å²) in [5.74, 6) is -6.80. The molecule has 0 unspecified atom stereocenters. The van der Waals surface area contributed by atoms with Crippen LogP contribution in [-0.2, 0) is 6.42 Å². The number of nitro benzene ring substituents is 1. The van der Waals surface area contributed by atoms with Gasteiger partial charge in [-0.25, -0.2) is 8.78 Å². The summed E-state index contributed by atoms with van der Waals surface area (Å²) >= 11 is 0. The molecular formula is C15H11F3N2O3. The Morgan fingerprint density at radius 3 is 2.35 bits per heavy atom. The van der Waals surface area contributed by atoms with E-state index in [1.54, 1.807) is 12.1 Å². The van der Waals surface area contributed by atoms with Gasteiger partial charge < -0.3 is 5.32 Å². The van der Waals surface area contributed by atoms with Crippen LogP contribution in [0.25, 0.3) is 0 Å². The van der Waals surface area contributed by atoms with Crippen molar-refractivity contribution in [1.82, 2.24) is 5.32 Å². The number of hydrogen-bond donors (Lipinski definition) is 1. The topological polar surface area (TPSA) is 72.2 Å². The van der Waals surface area contributed by atoms with Gasteiger partial charge in [-0.1, -0.05) is 30.3 Å². The number of nitrogens with one attached hydrogen (secondary N) is 1. The highest BCUT2D eigenvalue weighted by Crippen LogP contribution is 2.25. The van der Waals surface area contributed by atoms with Gasteiger partial charge in [0, 0.05) is 12.6 Å². The number of amides is 1. The summed E-state index contributed by atoms with van der Waals surface area (Å²) in [7, 11) is 0. The van der Waals surface area contributed by atoms with Crippen molar-refractivity contribution in [2.45, 2.75) is 6.42 Å². The molecule has 2 rings (SSSR count). The number of nitrogens with zero attached hydrogens (tertiary/aromatic N) is 1. The monoisotopic (exact) mass is 324 g/mol. The van der Waals surface area contributed by atoms with Crippen molar-refractivity contribution in [3.05, 3.63) is 75.1 Å². The van der Waals surface area contributed by atoms with Gasteiger partial charge >= 0.3 is 5.69 Å². The molecule has 0 spiro atoms. The van der Waals surface area contributed by atoms with E-state index in [9.17, 15) is 28.1 Å². The van der Waals surface area contributed by atoms with E-state index < -0.39 is 39.5 Å². The highest BCUT2D eigenvalue weighted by atomic mass is 19.2. The molecule has 2 aromatic carbocycles. The lowest BCUT2D eigenvalue weighted by Crippen LogP contribution is -2.27. The van der Waals surface area contributed by atoms with Crippen molar-refractivity contribution in [2.75, 3.05) is 6.54 Å². The SMILES string of the molecule is O=C(NCCc1ccccc1)c1cc([N+](=O)[O-])c(F)c(F)c1F. The Hall–Kier alpha value is -2.90. The van der Waals surface area contributed by atoms with Gasteiger partial charge in [-0.2, -0.15) is 4.39 Å². The van der Waals surface area contributed by atoms with Crippen LogP contribution in [0.3, 0.4) is 0 Å². The predicted molar refractivity (Wildman–Crippen MR) is 75.4 cm³/mol. The van der Waals surface area contributed by atoms with E-state index in [0.29, 0.717) is 12.5 Å². The Morgan fingerprint density at radius 2 is 1.74 bits per heavy atom. The first-order chi connectivity index (χ1) is 10.9. The molecule has 0 atom stereocenters. The molecule has 0 aromatic heterocycles. The average Bonchev–Trinajstić information content (AvgIpc) is 2.53. The summed E-state index contributed by atoms with van der Waals surface area (Å²) in [6, 6.07) is 9.43. The second-order valence-electron chi connectivity index (χ2n) is 4.63. The molecule has 0 aliphatic rings. The molecule has 0 saturated carbocycles. The Labute approximate surface area is 128 Å². The standard InChI is InChI=1S/C15H11F3N2O3/c16-12-10(8-11(20(22)23)13(17)14(12)18)15(21)19-7-6-9-4-2-1-3-5-9/h1-5,8H,6-7H2,(H,19,21). The number of hydrogen-bond acceptors (Lipinski definition) is 3. The van der Waals surface area contributed by atoms with Gasteiger partial charge in [-0.15, -0.1) is 0 Å². The highest BCUT2D eigenvalue weighted by Gasteiger charge is 2.28. The molecule has 1 N–H and O–H groups in total. The molecular weight excluding hydrogens is 313 g/mol. The molecule has 0 saturated heterocycles. The largest absolute Gasteiger partial charge is 0.352 e. The van der Waals surface area contributed by atoms with Gasteiger partial charge in [0.2, 0.25) is 11.6 Å². The van der Waals surface area contributed by atoms with Crippen LogP contribution in [0.2, 0.25) is 0 Å². The second-order valence-corrected chi connectivity index (χ2v) is 4.63. The van der Waals surface area contributed by atoms with Crippen LogP contribution >= 0.6 is 0 Å². The van der Waals surface area contributed by atoms with Crippen LogP contribution < -0.4 is 5.32 Å². The van der Waals surface area contributed by atoms with Crippen LogP contribution in [0, 0.1) is 27.6 Å². The summed E-state index contributed by atoms with van der Waals surface area (Å²) in [5, 5.41) is 12.9. The maximum atomic E-state index is 13.6. The normalized spacial score (nSPS) is 10.4. The molecule has 0 fully saturated rings. The fourth-order valence-electron chi connectivity index (χ4n) is 1.95. The maximum Gasteiger partial charge on any atom is 0.308 e. The Balaban J connectivity index is 2.14. The van der Waals surface area contributed by atoms with Crippen molar-refractivity contribution in [3.8, 4) is 0 Å². The molecule has 120 valence electrons. The number of nitro groups is 1. The van der Waals surface area contributed by atoms with Gasteiger partial charge in [0.05, 0.1) is 10.5 Å². The van der Waals surface area contributed by atoms with Crippen LogP contribution in [0.4, 0.5) is 18.9 Å². The van der Waals surface area contributed by atoms with E-state index >= 15 is 0 Å².